The number of fused-ring (bicyclic) bond motifs is 3. The molecule has 0 amide bonds. The van der Waals surface area contributed by atoms with Gasteiger partial charge in [-0.3, -0.25) is 4.90 Å². The lowest BCUT2D eigenvalue weighted by Crippen LogP contribution is -2.43. The van der Waals surface area contributed by atoms with Crippen LogP contribution in [-0.4, -0.2) is 75.7 Å². The van der Waals surface area contributed by atoms with Gasteiger partial charge in [-0.15, -0.1) is 6.42 Å². The third kappa shape index (κ3) is 4.71. The van der Waals surface area contributed by atoms with Gasteiger partial charge in [0, 0.05) is 42.4 Å². The van der Waals surface area contributed by atoms with Gasteiger partial charge in [-0.2, -0.15) is 9.97 Å². The second-order valence-electron chi connectivity index (χ2n) is 11.9. The summed E-state index contributed by atoms with van der Waals surface area (Å²) in [4.78, 5) is 13.2. The van der Waals surface area contributed by atoms with Gasteiger partial charge in [-0.25, -0.2) is 13.2 Å². The number of nitrogens with zero attached hydrogens (tertiary/aromatic N) is 4. The van der Waals surface area contributed by atoms with Crippen LogP contribution in [0.15, 0.2) is 36.4 Å². The summed E-state index contributed by atoms with van der Waals surface area (Å²) in [5.41, 5.74) is -0.219. The second kappa shape index (κ2) is 10.6. The molecule has 3 aliphatic heterocycles. The molecule has 43 heavy (non-hydrogen) atoms. The Morgan fingerprint density at radius 2 is 1.93 bits per heavy atom. The number of β-amino-alcohol motifs (C(OH)–C–C–N with tert-alkyl or cyclic N) is 1. The lowest BCUT2D eigenvalue weighted by molar-refractivity contribution is 0.107. The van der Waals surface area contributed by atoms with Gasteiger partial charge in [0.15, 0.2) is 5.82 Å². The Labute approximate surface area is 246 Å². The van der Waals surface area contributed by atoms with E-state index in [4.69, 9.17) is 11.2 Å². The van der Waals surface area contributed by atoms with Gasteiger partial charge in [0.1, 0.15) is 35.7 Å². The average molecular weight is 589 g/mol. The predicted molar refractivity (Wildman–Crippen MR) is 158 cm³/mol. The summed E-state index contributed by atoms with van der Waals surface area (Å²) in [6.45, 7) is 2.27. The quantitative estimate of drug-likeness (QED) is 0.305. The number of ether oxygens (including phenoxy) is 1. The number of benzene rings is 3. The number of phenolic OH excluding ortho intramolecular Hbond substituents is 1. The van der Waals surface area contributed by atoms with E-state index in [1.165, 1.54) is 24.3 Å². The smallest absolute Gasteiger partial charge is 0.319 e. The molecular weight excluding hydrogens is 557 g/mol. The molecule has 222 valence electrons. The molecule has 2 N–H and O–H groups in total. The third-order valence-corrected chi connectivity index (χ3v) is 9.18. The van der Waals surface area contributed by atoms with Crippen LogP contribution in [0.1, 0.15) is 37.7 Å². The maximum Gasteiger partial charge on any atom is 0.319 e. The Balaban J connectivity index is 1.38. The molecule has 1 aromatic heterocycles. The minimum Gasteiger partial charge on any atom is -0.508 e. The number of hydrogen-bond donors (Lipinski definition) is 2. The maximum atomic E-state index is 16.7. The molecule has 0 aliphatic carbocycles. The van der Waals surface area contributed by atoms with Crippen LogP contribution >= 0.6 is 0 Å². The lowest BCUT2D eigenvalue weighted by atomic mass is 9.93. The molecule has 4 heterocycles. The van der Waals surface area contributed by atoms with Crippen molar-refractivity contribution in [3.63, 3.8) is 0 Å². The fourth-order valence-electron chi connectivity index (χ4n) is 7.21. The van der Waals surface area contributed by atoms with Crippen LogP contribution < -0.4 is 9.64 Å². The van der Waals surface area contributed by atoms with E-state index >= 15 is 4.39 Å². The van der Waals surface area contributed by atoms with Gasteiger partial charge in [-0.1, -0.05) is 18.1 Å². The first-order chi connectivity index (χ1) is 20.8. The van der Waals surface area contributed by atoms with E-state index in [1.807, 2.05) is 4.90 Å². The molecule has 0 spiro atoms. The summed E-state index contributed by atoms with van der Waals surface area (Å²) >= 11 is 0. The molecule has 3 atom stereocenters. The van der Waals surface area contributed by atoms with Gasteiger partial charge >= 0.3 is 6.01 Å². The Hall–Kier alpha value is -4.07. The minimum absolute atomic E-state index is 0.0247. The minimum atomic E-state index is -0.929. The Morgan fingerprint density at radius 1 is 1.07 bits per heavy atom. The number of aromatic nitrogens is 2. The third-order valence-electron chi connectivity index (χ3n) is 9.18. The van der Waals surface area contributed by atoms with Crippen LogP contribution in [0.25, 0.3) is 32.8 Å². The number of halogens is 3. The normalized spacial score (nSPS) is 24.0. The topological polar surface area (TPSA) is 82.0 Å². The molecule has 4 aromatic rings. The predicted octanol–water partition coefficient (Wildman–Crippen LogP) is 5.33. The molecule has 7 nitrogen and oxygen atoms in total. The summed E-state index contributed by atoms with van der Waals surface area (Å²) in [7, 11) is 0. The molecule has 3 aromatic carbocycles. The van der Waals surface area contributed by atoms with Crippen molar-refractivity contribution in [3.05, 3.63) is 53.6 Å². The zero-order valence-corrected chi connectivity index (χ0v) is 23.5. The van der Waals surface area contributed by atoms with Crippen molar-refractivity contribution in [2.45, 2.75) is 49.9 Å². The van der Waals surface area contributed by atoms with E-state index in [1.54, 1.807) is 12.1 Å². The largest absolute Gasteiger partial charge is 0.508 e. The summed E-state index contributed by atoms with van der Waals surface area (Å²) in [5, 5.41) is 22.1. The fraction of sp³-hybridized carbons (Fsp3) is 0.394. The van der Waals surface area contributed by atoms with Gasteiger partial charge in [0.2, 0.25) is 0 Å². The van der Waals surface area contributed by atoms with Crippen molar-refractivity contribution < 1.29 is 28.1 Å². The summed E-state index contributed by atoms with van der Waals surface area (Å²) in [6.07, 6.45) is 7.66. The SMILES string of the molecule is C#Cc1c(F)ccc2cc(O)cc(-c3ccc4c(N5CCC[C@H](O)C5)nc(OC[C@@]56CCCN5C[C@H](F)C6)nc4c3F)c12. The molecule has 0 unspecified atom stereocenters. The molecule has 3 saturated heterocycles. The highest BCUT2D eigenvalue weighted by Gasteiger charge is 2.49. The molecule has 3 aliphatic rings. The van der Waals surface area contributed by atoms with Crippen molar-refractivity contribution in [2.24, 2.45) is 0 Å². The molecular formula is C33H31F3N4O3. The monoisotopic (exact) mass is 588 g/mol. The van der Waals surface area contributed by atoms with Crippen LogP contribution in [-0.2, 0) is 0 Å². The average Bonchev–Trinajstić information content (AvgIpc) is 3.51. The van der Waals surface area contributed by atoms with Crippen molar-refractivity contribution in [3.8, 4) is 35.2 Å². The standard InChI is InChI=1S/C33H31F3N4O3/c1-2-23-27(35)9-6-19-13-22(42)14-26(28(19)23)24-7-8-25-30(29(24)36)37-32(38-31(25)39-11-3-5-21(41)17-39)43-18-33-10-4-12-40(33)16-20(34)15-33/h1,6-9,13-14,20-21,41-42H,3-5,10-12,15-18H2/t20-,21+,33+/m1/s1. The number of aliphatic hydroxyl groups excluding tert-OH is 1. The van der Waals surface area contributed by atoms with Crippen LogP contribution in [0.4, 0.5) is 19.0 Å². The maximum absolute atomic E-state index is 16.7. The van der Waals surface area contributed by atoms with Gasteiger partial charge in [-0.05, 0) is 67.4 Å². The molecule has 0 saturated carbocycles. The zero-order chi connectivity index (χ0) is 29.9. The first kappa shape index (κ1) is 27.7. The van der Waals surface area contributed by atoms with E-state index in [0.29, 0.717) is 54.5 Å². The number of piperidine rings is 1. The number of terminal acetylenes is 1. The van der Waals surface area contributed by atoms with Gasteiger partial charge < -0.3 is 19.8 Å². The molecule has 3 fully saturated rings. The molecule has 0 radical (unpaired) electrons. The van der Waals surface area contributed by atoms with Crippen LogP contribution in [0.3, 0.4) is 0 Å². The van der Waals surface area contributed by atoms with E-state index < -0.39 is 29.4 Å². The Morgan fingerprint density at radius 3 is 2.74 bits per heavy atom. The number of rotatable bonds is 5. The van der Waals surface area contributed by atoms with Crippen molar-refractivity contribution in [1.82, 2.24) is 14.9 Å². The highest BCUT2D eigenvalue weighted by atomic mass is 19.1. The van der Waals surface area contributed by atoms with E-state index in [9.17, 15) is 19.0 Å². The first-order valence-corrected chi connectivity index (χ1v) is 14.6. The highest BCUT2D eigenvalue weighted by molar-refractivity contribution is 6.04. The van der Waals surface area contributed by atoms with E-state index in [0.717, 1.165) is 25.8 Å². The number of aliphatic hydroxyl groups is 1. The van der Waals surface area contributed by atoms with Crippen molar-refractivity contribution in [2.75, 3.05) is 37.7 Å². The van der Waals surface area contributed by atoms with Crippen LogP contribution in [0.2, 0.25) is 0 Å². The Kier molecular flexibility index (Phi) is 6.83. The van der Waals surface area contributed by atoms with E-state index in [2.05, 4.69) is 20.8 Å². The summed E-state index contributed by atoms with van der Waals surface area (Å²) in [6, 6.07) is 8.68. The summed E-state index contributed by atoms with van der Waals surface area (Å²) < 4.78 is 51.9. The number of phenols is 1. The molecule has 0 bridgehead atoms. The number of hydrogen-bond acceptors (Lipinski definition) is 7. The lowest BCUT2D eigenvalue weighted by Gasteiger charge is -2.33. The van der Waals surface area contributed by atoms with E-state index in [-0.39, 0.29) is 40.6 Å². The first-order valence-electron chi connectivity index (χ1n) is 14.6. The number of alkyl halides is 1. The molecule has 10 heteroatoms. The summed E-state index contributed by atoms with van der Waals surface area (Å²) in [5.74, 6) is 1.32. The Bertz CT molecular complexity index is 1790. The van der Waals surface area contributed by atoms with Crippen LogP contribution in [0, 0.1) is 24.0 Å². The number of aromatic hydroxyl groups is 1. The zero-order valence-electron chi connectivity index (χ0n) is 23.5. The van der Waals surface area contributed by atoms with Gasteiger partial charge in [0.25, 0.3) is 0 Å². The van der Waals surface area contributed by atoms with Crippen molar-refractivity contribution in [1.29, 1.82) is 0 Å². The van der Waals surface area contributed by atoms with Gasteiger partial charge in [0.05, 0.1) is 17.2 Å². The van der Waals surface area contributed by atoms with Crippen molar-refractivity contribution >= 4 is 27.5 Å². The molecule has 7 rings (SSSR count). The highest BCUT2D eigenvalue weighted by Crippen LogP contribution is 2.42. The number of anilines is 1. The second-order valence-corrected chi connectivity index (χ2v) is 11.9. The fourth-order valence-corrected chi connectivity index (χ4v) is 7.21. The van der Waals surface area contributed by atoms with Crippen LogP contribution in [0.5, 0.6) is 11.8 Å².